The molecule has 0 bridgehead atoms. The van der Waals surface area contributed by atoms with E-state index in [1.54, 1.807) is 24.4 Å². The molecule has 3 N–H and O–H groups in total. The lowest BCUT2D eigenvalue weighted by Gasteiger charge is -1.97. The average Bonchev–Trinajstić information content (AvgIpc) is 2.53. The second kappa shape index (κ2) is 3.12. The maximum absolute atomic E-state index is 11.4. The van der Waals surface area contributed by atoms with Crippen molar-refractivity contribution < 1.29 is 9.90 Å². The Bertz CT molecular complexity index is 490. The highest BCUT2D eigenvalue weighted by atomic mass is 16.3. The van der Waals surface area contributed by atoms with Crippen LogP contribution in [0.25, 0.3) is 5.65 Å². The molecule has 72 valence electrons. The summed E-state index contributed by atoms with van der Waals surface area (Å²) in [5.41, 5.74) is 5.89. The van der Waals surface area contributed by atoms with Crippen molar-refractivity contribution >= 4 is 11.4 Å². The molecule has 5 heteroatoms. The first-order chi connectivity index (χ1) is 6.74. The van der Waals surface area contributed by atoms with Crippen molar-refractivity contribution in [3.05, 3.63) is 30.1 Å². The molecule has 0 atom stereocenters. The van der Waals surface area contributed by atoms with Crippen LogP contribution in [0.4, 0.5) is 0 Å². The fourth-order valence-corrected chi connectivity index (χ4v) is 1.34. The lowest BCUT2D eigenvalue weighted by molar-refractivity contribution is 0.0993. The van der Waals surface area contributed by atoms with Crippen LogP contribution in [0.5, 0.6) is 5.88 Å². The Morgan fingerprint density at radius 2 is 2.36 bits per heavy atom. The van der Waals surface area contributed by atoms with Crippen molar-refractivity contribution in [2.45, 2.75) is 0 Å². The molecule has 0 fully saturated rings. The number of rotatable bonds is 2. The number of nitrogens with two attached hydrogens (primary N) is 1. The predicted octanol–water partition coefficient (Wildman–Crippen LogP) is 0.181. The van der Waals surface area contributed by atoms with Crippen molar-refractivity contribution in [1.29, 1.82) is 0 Å². The van der Waals surface area contributed by atoms with E-state index in [1.807, 2.05) is 0 Å². The van der Waals surface area contributed by atoms with Gasteiger partial charge >= 0.3 is 0 Å². The third kappa shape index (κ3) is 1.14. The van der Waals surface area contributed by atoms with Crippen molar-refractivity contribution in [2.24, 2.45) is 5.73 Å². The van der Waals surface area contributed by atoms with Crippen LogP contribution in [0.2, 0.25) is 0 Å². The minimum Gasteiger partial charge on any atom is -0.492 e. The van der Waals surface area contributed by atoms with E-state index in [0.717, 1.165) is 0 Å². The van der Waals surface area contributed by atoms with E-state index in [4.69, 9.17) is 5.73 Å². The molecule has 2 aromatic rings. The molecule has 0 radical (unpaired) electrons. The summed E-state index contributed by atoms with van der Waals surface area (Å²) in [7, 11) is 0. The Hall–Kier alpha value is -1.88. The number of aromatic hydroxyl groups is 1. The van der Waals surface area contributed by atoms with Crippen LogP contribution in [0, 0.1) is 0 Å². The first-order valence-electron chi connectivity index (χ1n) is 4.13. The molecule has 0 aliphatic carbocycles. The highest BCUT2D eigenvalue weighted by Crippen LogP contribution is 2.18. The van der Waals surface area contributed by atoms with Crippen LogP contribution in [-0.2, 0) is 0 Å². The number of carbonyl (C=O) groups excluding carboxylic acids is 1. The van der Waals surface area contributed by atoms with E-state index >= 15 is 0 Å². The van der Waals surface area contributed by atoms with Gasteiger partial charge in [0.15, 0.2) is 11.5 Å². The first-order valence-corrected chi connectivity index (χ1v) is 4.13. The zero-order valence-corrected chi connectivity index (χ0v) is 7.34. The Kier molecular flexibility index (Phi) is 1.94. The Morgan fingerprint density at radius 1 is 1.57 bits per heavy atom. The molecule has 5 nitrogen and oxygen atoms in total. The third-order valence-corrected chi connectivity index (χ3v) is 1.96. The molecule has 14 heavy (non-hydrogen) atoms. The van der Waals surface area contributed by atoms with Gasteiger partial charge in [-0.15, -0.1) is 0 Å². The zero-order valence-electron chi connectivity index (χ0n) is 7.34. The summed E-state index contributed by atoms with van der Waals surface area (Å²) < 4.78 is 1.52. The van der Waals surface area contributed by atoms with E-state index in [1.165, 1.54) is 4.40 Å². The summed E-state index contributed by atoms with van der Waals surface area (Å²) in [5.74, 6) is -0.604. The molecule has 0 aliphatic heterocycles. The molecule has 2 rings (SSSR count). The average molecular weight is 191 g/mol. The van der Waals surface area contributed by atoms with E-state index < -0.39 is 0 Å². The largest absolute Gasteiger partial charge is 0.492 e. The number of imidazole rings is 1. The summed E-state index contributed by atoms with van der Waals surface area (Å²) in [6.45, 7) is -0.143. The zero-order chi connectivity index (χ0) is 10.1. The van der Waals surface area contributed by atoms with Gasteiger partial charge in [-0.05, 0) is 12.1 Å². The first kappa shape index (κ1) is 8.71. The maximum Gasteiger partial charge on any atom is 0.241 e. The summed E-state index contributed by atoms with van der Waals surface area (Å²) in [4.78, 5) is 15.2. The van der Waals surface area contributed by atoms with Gasteiger partial charge in [0, 0.05) is 6.20 Å². The van der Waals surface area contributed by atoms with Gasteiger partial charge in [0.1, 0.15) is 5.65 Å². The molecular formula is C9H9N3O2. The Balaban J connectivity index is 2.74. The van der Waals surface area contributed by atoms with Crippen LogP contribution in [0.15, 0.2) is 24.4 Å². The third-order valence-electron chi connectivity index (χ3n) is 1.96. The Morgan fingerprint density at radius 3 is 3.07 bits per heavy atom. The van der Waals surface area contributed by atoms with E-state index in [2.05, 4.69) is 4.98 Å². The number of Topliss-reactive ketones (excluding diaryl/α,β-unsaturated/α-hetero) is 1. The maximum atomic E-state index is 11.4. The molecule has 0 aromatic carbocycles. The van der Waals surface area contributed by atoms with Gasteiger partial charge in [-0.2, -0.15) is 4.98 Å². The molecule has 0 saturated heterocycles. The summed E-state index contributed by atoms with van der Waals surface area (Å²) in [6, 6.07) is 5.23. The standard InChI is InChI=1S/C9H9N3O2/c10-5-6(13)8-9(14)11-7-3-1-2-4-12(7)8/h1-4,14H,5,10H2. The number of hydrogen-bond donors (Lipinski definition) is 2. The molecule has 0 aliphatic rings. The second-order valence-corrected chi connectivity index (χ2v) is 2.84. The van der Waals surface area contributed by atoms with Crippen LogP contribution < -0.4 is 5.73 Å². The number of hydrogen-bond acceptors (Lipinski definition) is 4. The van der Waals surface area contributed by atoms with Crippen molar-refractivity contribution in [3.63, 3.8) is 0 Å². The minimum absolute atomic E-state index is 0.142. The van der Waals surface area contributed by atoms with Gasteiger partial charge in [0.2, 0.25) is 5.88 Å². The summed E-state index contributed by atoms with van der Waals surface area (Å²) in [5, 5.41) is 9.43. The second-order valence-electron chi connectivity index (χ2n) is 2.84. The molecule has 0 spiro atoms. The lowest BCUT2D eigenvalue weighted by atomic mass is 10.3. The van der Waals surface area contributed by atoms with E-state index in [0.29, 0.717) is 5.65 Å². The van der Waals surface area contributed by atoms with Crippen molar-refractivity contribution in [1.82, 2.24) is 9.38 Å². The molecule has 2 heterocycles. The van der Waals surface area contributed by atoms with Gasteiger partial charge < -0.3 is 10.8 Å². The van der Waals surface area contributed by atoms with E-state index in [-0.39, 0.29) is 23.9 Å². The van der Waals surface area contributed by atoms with Gasteiger partial charge in [0.05, 0.1) is 6.54 Å². The number of carbonyl (C=O) groups is 1. The summed E-state index contributed by atoms with van der Waals surface area (Å²) >= 11 is 0. The SMILES string of the molecule is NCC(=O)c1c(O)nc2ccccn12. The normalized spacial score (nSPS) is 10.6. The number of ketones is 1. The van der Waals surface area contributed by atoms with E-state index in [9.17, 15) is 9.90 Å². The fourth-order valence-electron chi connectivity index (χ4n) is 1.34. The highest BCUT2D eigenvalue weighted by molar-refractivity contribution is 5.98. The van der Waals surface area contributed by atoms with Gasteiger partial charge in [-0.1, -0.05) is 6.07 Å². The Labute approximate surface area is 79.8 Å². The van der Waals surface area contributed by atoms with Gasteiger partial charge in [-0.25, -0.2) is 0 Å². The number of fused-ring (bicyclic) bond motifs is 1. The summed E-state index contributed by atoms with van der Waals surface area (Å²) in [6.07, 6.45) is 1.66. The highest BCUT2D eigenvalue weighted by Gasteiger charge is 2.16. The van der Waals surface area contributed by atoms with Crippen LogP contribution in [-0.4, -0.2) is 26.8 Å². The number of pyridine rings is 1. The van der Waals surface area contributed by atoms with Crippen LogP contribution in [0.1, 0.15) is 10.5 Å². The van der Waals surface area contributed by atoms with Gasteiger partial charge in [0.25, 0.3) is 0 Å². The quantitative estimate of drug-likeness (QED) is 0.663. The smallest absolute Gasteiger partial charge is 0.241 e. The predicted molar refractivity (Wildman–Crippen MR) is 50.2 cm³/mol. The fraction of sp³-hybridized carbons (Fsp3) is 0.111. The number of aromatic nitrogens is 2. The monoisotopic (exact) mass is 191 g/mol. The molecule has 0 unspecified atom stereocenters. The van der Waals surface area contributed by atoms with Crippen molar-refractivity contribution in [3.8, 4) is 5.88 Å². The molecule has 0 amide bonds. The number of nitrogens with zero attached hydrogens (tertiary/aromatic N) is 2. The molecule has 0 saturated carbocycles. The van der Waals surface area contributed by atoms with Crippen LogP contribution in [0.3, 0.4) is 0 Å². The van der Waals surface area contributed by atoms with Gasteiger partial charge in [-0.3, -0.25) is 9.20 Å². The van der Waals surface area contributed by atoms with Crippen LogP contribution >= 0.6 is 0 Å². The molecule has 2 aromatic heterocycles. The van der Waals surface area contributed by atoms with Crippen molar-refractivity contribution in [2.75, 3.05) is 6.54 Å². The topological polar surface area (TPSA) is 80.6 Å². The lowest BCUT2D eigenvalue weighted by Crippen LogP contribution is -2.15. The molecular weight excluding hydrogens is 182 g/mol. The minimum atomic E-state index is -0.332.